The summed E-state index contributed by atoms with van der Waals surface area (Å²) in [5.74, 6) is -2.59. The third-order valence-corrected chi connectivity index (χ3v) is 7.76. The number of hydrogen-bond donors (Lipinski definition) is 1. The van der Waals surface area contributed by atoms with E-state index in [4.69, 9.17) is 31.5 Å². The molecule has 6 aromatic rings. The average molecular weight is 812 g/mol. The molecule has 0 fully saturated rings. The zero-order valence-electron chi connectivity index (χ0n) is 30.2. The van der Waals surface area contributed by atoms with Gasteiger partial charge in [0.2, 0.25) is 11.5 Å². The Morgan fingerprint density at radius 3 is 1.61 bits per heavy atom. The molecule has 0 unspecified atom stereocenters. The van der Waals surface area contributed by atoms with E-state index in [1.807, 2.05) is 0 Å². The summed E-state index contributed by atoms with van der Waals surface area (Å²) in [5.41, 5.74) is 7.42. The third kappa shape index (κ3) is 11.0. The topological polar surface area (TPSA) is 201 Å². The molecule has 6 rings (SSSR count). The normalized spacial score (nSPS) is 10.3. The zero-order chi connectivity index (χ0) is 41.8. The Morgan fingerprint density at radius 2 is 1.12 bits per heavy atom. The van der Waals surface area contributed by atoms with Crippen molar-refractivity contribution in [2.24, 2.45) is 0 Å². The van der Waals surface area contributed by atoms with E-state index in [2.05, 4.69) is 24.7 Å². The van der Waals surface area contributed by atoms with E-state index in [-0.39, 0.29) is 17.9 Å². The highest BCUT2D eigenvalue weighted by molar-refractivity contribution is 6.29. The van der Waals surface area contributed by atoms with Gasteiger partial charge in [-0.3, -0.25) is 20.2 Å². The number of halogens is 5. The first kappa shape index (κ1) is 42.6. The van der Waals surface area contributed by atoms with E-state index in [0.29, 0.717) is 50.4 Å². The van der Waals surface area contributed by atoms with Crippen molar-refractivity contribution in [2.75, 3.05) is 34.2 Å². The molecule has 0 atom stereocenters. The maximum absolute atomic E-state index is 14.1. The molecule has 0 aliphatic carbocycles. The Morgan fingerprint density at radius 1 is 0.632 bits per heavy atom. The number of rotatable bonds is 10. The summed E-state index contributed by atoms with van der Waals surface area (Å²) in [7, 11) is 5.21. The number of nitro groups is 2. The van der Waals surface area contributed by atoms with Gasteiger partial charge in [0.05, 0.1) is 49.7 Å². The molecule has 0 aliphatic heterocycles. The van der Waals surface area contributed by atoms with E-state index >= 15 is 0 Å². The molecule has 15 nitrogen and oxygen atoms in total. The van der Waals surface area contributed by atoms with Crippen molar-refractivity contribution in [2.45, 2.75) is 6.42 Å². The highest BCUT2D eigenvalue weighted by Gasteiger charge is 2.22. The number of benzene rings is 4. The third-order valence-electron chi connectivity index (χ3n) is 7.55. The van der Waals surface area contributed by atoms with Gasteiger partial charge in [0.1, 0.15) is 40.9 Å². The summed E-state index contributed by atoms with van der Waals surface area (Å²) in [5, 5.41) is 21.9. The molecule has 0 spiro atoms. The van der Waals surface area contributed by atoms with Crippen LogP contribution in [-0.4, -0.2) is 58.2 Å². The molecule has 2 heterocycles. The van der Waals surface area contributed by atoms with Crippen molar-refractivity contribution >= 4 is 28.7 Å². The Balaban J connectivity index is 0.000000209. The van der Waals surface area contributed by atoms with E-state index in [1.165, 1.54) is 63.3 Å². The molecule has 2 N–H and O–H groups in total. The van der Waals surface area contributed by atoms with E-state index in [0.717, 1.165) is 32.4 Å². The summed E-state index contributed by atoms with van der Waals surface area (Å²) in [6.07, 6.45) is 2.78. The molecule has 0 aliphatic rings. The molecular formula is C37H30ClF4N7O8. The molecule has 4 aromatic carbocycles. The van der Waals surface area contributed by atoms with Gasteiger partial charge in [-0.2, -0.15) is 0 Å². The van der Waals surface area contributed by atoms with Crippen LogP contribution in [0.1, 0.15) is 11.3 Å². The number of nitrogens with zero attached hydrogens (tertiary/aromatic N) is 6. The van der Waals surface area contributed by atoms with Gasteiger partial charge < -0.3 is 24.7 Å². The van der Waals surface area contributed by atoms with Gasteiger partial charge in [0.25, 0.3) is 0 Å². The van der Waals surface area contributed by atoms with Crippen molar-refractivity contribution in [3.63, 3.8) is 0 Å². The number of aromatic nitrogens is 4. The predicted octanol–water partition coefficient (Wildman–Crippen LogP) is 8.21. The second kappa shape index (κ2) is 19.4. The molecule has 0 amide bonds. The summed E-state index contributed by atoms with van der Waals surface area (Å²) in [6.45, 7) is 0. The van der Waals surface area contributed by atoms with Crippen LogP contribution in [0.4, 0.5) is 34.6 Å². The lowest BCUT2D eigenvalue weighted by molar-refractivity contribution is -0.386. The Hall–Kier alpha value is -7.15. The minimum atomic E-state index is -0.839. The smallest absolute Gasteiger partial charge is 0.316 e. The minimum absolute atomic E-state index is 0.00926. The lowest BCUT2D eigenvalue weighted by Crippen LogP contribution is -2.01. The van der Waals surface area contributed by atoms with Crippen LogP contribution >= 0.6 is 11.6 Å². The molecule has 20 heteroatoms. The second-order valence-electron chi connectivity index (χ2n) is 11.2. The van der Waals surface area contributed by atoms with Crippen LogP contribution in [0.2, 0.25) is 5.15 Å². The van der Waals surface area contributed by atoms with E-state index in [9.17, 15) is 37.8 Å². The highest BCUT2D eigenvalue weighted by Crippen LogP contribution is 2.34. The standard InChI is InChI=1S/C19H15F2N3O4.C11H8ClFN2O.C7H7FN2O3/c1-27-18-8-12(20)3-4-14(18)16-9-13(22-10-23-16)5-11-6-15(21)19(28-2)17(7-11)24(25)26;1-16-10-4-7(13)2-3-8(10)9-5-11(12)15-6-14-9;1-13-7-5(8)2-4(9)3-6(7)10(11)12/h3-4,6-10H,5H2,1-2H3;2-6H,1H3;2-3H,9H2,1H3. The molecular weight excluding hydrogens is 782 g/mol. The lowest BCUT2D eigenvalue weighted by Gasteiger charge is -2.10. The maximum atomic E-state index is 14.1. The molecule has 0 bridgehead atoms. The van der Waals surface area contributed by atoms with Crippen LogP contribution in [0.25, 0.3) is 22.5 Å². The molecule has 0 radical (unpaired) electrons. The fraction of sp³-hybridized carbons (Fsp3) is 0.135. The summed E-state index contributed by atoms with van der Waals surface area (Å²) < 4.78 is 73.0. The largest absolute Gasteiger partial charge is 0.496 e. The molecule has 2 aromatic heterocycles. The van der Waals surface area contributed by atoms with Gasteiger partial charge in [-0.1, -0.05) is 11.6 Å². The first-order valence-electron chi connectivity index (χ1n) is 15.9. The Kier molecular flexibility index (Phi) is 14.5. The summed E-state index contributed by atoms with van der Waals surface area (Å²) in [4.78, 5) is 36.2. The highest BCUT2D eigenvalue weighted by atomic mass is 35.5. The number of nitrogen functional groups attached to an aromatic ring is 1. The van der Waals surface area contributed by atoms with Gasteiger partial charge >= 0.3 is 11.4 Å². The van der Waals surface area contributed by atoms with Crippen molar-refractivity contribution in [1.82, 2.24) is 19.9 Å². The summed E-state index contributed by atoms with van der Waals surface area (Å²) in [6, 6.07) is 15.9. The van der Waals surface area contributed by atoms with Gasteiger partial charge in [-0.15, -0.1) is 0 Å². The van der Waals surface area contributed by atoms with Crippen LogP contribution in [0.3, 0.4) is 0 Å². The van der Waals surface area contributed by atoms with E-state index in [1.54, 1.807) is 18.2 Å². The lowest BCUT2D eigenvalue weighted by atomic mass is 10.1. The molecule has 296 valence electrons. The molecule has 0 saturated carbocycles. The number of anilines is 1. The van der Waals surface area contributed by atoms with Crippen LogP contribution in [-0.2, 0) is 6.42 Å². The van der Waals surface area contributed by atoms with Gasteiger partial charge in [-0.25, -0.2) is 37.5 Å². The number of methoxy groups -OCH3 is 4. The molecule has 57 heavy (non-hydrogen) atoms. The number of nitro benzene ring substituents is 2. The fourth-order valence-corrected chi connectivity index (χ4v) is 5.24. The first-order chi connectivity index (χ1) is 27.2. The van der Waals surface area contributed by atoms with Crippen LogP contribution in [0.5, 0.6) is 23.0 Å². The van der Waals surface area contributed by atoms with Gasteiger partial charge in [0.15, 0.2) is 11.6 Å². The van der Waals surface area contributed by atoms with Gasteiger partial charge in [-0.05, 0) is 42.0 Å². The summed E-state index contributed by atoms with van der Waals surface area (Å²) >= 11 is 5.76. The number of hydrogen-bond acceptors (Lipinski definition) is 13. The fourth-order valence-electron chi connectivity index (χ4n) is 5.10. The van der Waals surface area contributed by atoms with Crippen LogP contribution < -0.4 is 24.7 Å². The second-order valence-corrected chi connectivity index (χ2v) is 11.6. The van der Waals surface area contributed by atoms with Crippen molar-refractivity contribution in [1.29, 1.82) is 0 Å². The zero-order valence-corrected chi connectivity index (χ0v) is 31.0. The Labute approximate surface area is 325 Å². The maximum Gasteiger partial charge on any atom is 0.316 e. The van der Waals surface area contributed by atoms with E-state index < -0.39 is 50.2 Å². The van der Waals surface area contributed by atoms with Crippen LogP contribution in [0.15, 0.2) is 85.5 Å². The Bertz CT molecular complexity index is 2410. The van der Waals surface area contributed by atoms with Crippen molar-refractivity contribution in [3.05, 3.63) is 145 Å². The van der Waals surface area contributed by atoms with Gasteiger partial charge in [0, 0.05) is 65.3 Å². The average Bonchev–Trinajstić information content (AvgIpc) is 3.17. The molecule has 0 saturated heterocycles. The predicted molar refractivity (Wildman–Crippen MR) is 199 cm³/mol. The van der Waals surface area contributed by atoms with Crippen molar-refractivity contribution in [3.8, 4) is 45.5 Å². The van der Waals surface area contributed by atoms with Crippen LogP contribution in [0, 0.1) is 43.5 Å². The first-order valence-corrected chi connectivity index (χ1v) is 16.3. The monoisotopic (exact) mass is 811 g/mol. The van der Waals surface area contributed by atoms with Crippen molar-refractivity contribution < 1.29 is 46.4 Å². The SMILES string of the molecule is COc1c(F)cc(N)cc1[N+](=O)[O-].COc1cc(F)ccc1-c1cc(Cc2cc(F)c(OC)c([N+](=O)[O-])c2)ncn1.COc1cc(F)ccc1-c1cc(Cl)ncn1. The quantitative estimate of drug-likeness (QED) is 0.0456. The number of ether oxygens (including phenoxy) is 4. The number of nitrogens with two attached hydrogens (primary N) is 1. The minimum Gasteiger partial charge on any atom is -0.496 e.